The lowest BCUT2D eigenvalue weighted by molar-refractivity contribution is -0.138. The minimum absolute atomic E-state index is 0.225. The first-order chi connectivity index (χ1) is 10.9. The lowest BCUT2D eigenvalue weighted by Crippen LogP contribution is -2.36. The molecule has 0 saturated carbocycles. The van der Waals surface area contributed by atoms with Gasteiger partial charge in [0.25, 0.3) is 0 Å². The quantitative estimate of drug-likeness (QED) is 0.933. The molecule has 0 aliphatic carbocycles. The number of hydrogen-bond acceptors (Lipinski definition) is 2. The predicted octanol–water partition coefficient (Wildman–Crippen LogP) is 3.59. The normalized spacial score (nSPS) is 16.3. The molecule has 0 saturated heterocycles. The zero-order valence-electron chi connectivity index (χ0n) is 12.7. The Hall–Kier alpha value is -1.85. The van der Waals surface area contributed by atoms with Gasteiger partial charge in [-0.25, -0.2) is 0 Å². The number of hydrogen-bond donors (Lipinski definition) is 1. The van der Waals surface area contributed by atoms with Gasteiger partial charge in [-0.2, -0.15) is 13.2 Å². The van der Waals surface area contributed by atoms with Gasteiger partial charge in [-0.05, 0) is 29.2 Å². The Bertz CT molecular complexity index is 657. The average molecular weight is 320 g/mol. The monoisotopic (exact) mass is 320 g/mol. The molecule has 23 heavy (non-hydrogen) atoms. The summed E-state index contributed by atoms with van der Waals surface area (Å²) in [5.74, 6) is 0. The molecule has 3 rings (SSSR count). The van der Waals surface area contributed by atoms with E-state index in [-0.39, 0.29) is 18.0 Å². The van der Waals surface area contributed by atoms with Crippen LogP contribution in [0.4, 0.5) is 13.2 Å². The summed E-state index contributed by atoms with van der Waals surface area (Å²) in [5.41, 5.74) is 8.36. The van der Waals surface area contributed by atoms with Gasteiger partial charge in [-0.15, -0.1) is 0 Å². The smallest absolute Gasteiger partial charge is 0.326 e. The molecule has 1 aliphatic rings. The largest absolute Gasteiger partial charge is 0.416 e. The van der Waals surface area contributed by atoms with E-state index in [0.29, 0.717) is 6.54 Å². The number of halogens is 3. The Morgan fingerprint density at radius 1 is 0.957 bits per heavy atom. The number of benzene rings is 2. The number of alkyl halides is 3. The Kier molecular flexibility index (Phi) is 4.41. The highest BCUT2D eigenvalue weighted by atomic mass is 19.4. The second-order valence-corrected chi connectivity index (χ2v) is 6.06. The van der Waals surface area contributed by atoms with Crippen molar-refractivity contribution >= 4 is 0 Å². The van der Waals surface area contributed by atoms with Crippen molar-refractivity contribution in [2.24, 2.45) is 5.73 Å². The molecule has 0 radical (unpaired) electrons. The van der Waals surface area contributed by atoms with Crippen LogP contribution in [0.1, 0.15) is 22.3 Å². The van der Waals surface area contributed by atoms with Crippen LogP contribution < -0.4 is 5.73 Å². The summed E-state index contributed by atoms with van der Waals surface area (Å²) in [4.78, 5) is 2.19. The Balaban J connectivity index is 1.64. The SMILES string of the molecule is N[C@@H](Cc1ccccc1C(F)(F)F)CN1Cc2ccccc2C1. The molecule has 1 atom stereocenters. The fourth-order valence-corrected chi connectivity index (χ4v) is 3.19. The number of fused-ring (bicyclic) bond motifs is 1. The van der Waals surface area contributed by atoms with Gasteiger partial charge in [0.1, 0.15) is 0 Å². The third-order valence-electron chi connectivity index (χ3n) is 4.20. The fourth-order valence-electron chi connectivity index (χ4n) is 3.19. The molecule has 2 nitrogen and oxygen atoms in total. The standard InChI is InChI=1S/C18H19F3N2/c19-18(20,21)17-8-4-3-5-13(17)9-16(22)12-23-10-14-6-1-2-7-15(14)11-23/h1-8,16H,9-12,22H2/t16-/m0/s1. The van der Waals surface area contributed by atoms with Gasteiger partial charge in [-0.3, -0.25) is 4.90 Å². The summed E-state index contributed by atoms with van der Waals surface area (Å²) in [6.07, 6.45) is -4.11. The first-order valence-corrected chi connectivity index (χ1v) is 7.63. The summed E-state index contributed by atoms with van der Waals surface area (Å²) in [7, 11) is 0. The first kappa shape index (κ1) is 16.0. The third-order valence-corrected chi connectivity index (χ3v) is 4.20. The molecule has 5 heteroatoms. The molecule has 2 aromatic rings. The molecular formula is C18H19F3N2. The number of nitrogens with zero attached hydrogens (tertiary/aromatic N) is 1. The molecule has 0 aromatic heterocycles. The first-order valence-electron chi connectivity index (χ1n) is 7.63. The lowest BCUT2D eigenvalue weighted by atomic mass is 10.00. The van der Waals surface area contributed by atoms with Crippen LogP contribution in [0.15, 0.2) is 48.5 Å². The molecule has 1 aliphatic heterocycles. The molecule has 0 spiro atoms. The summed E-state index contributed by atoms with van der Waals surface area (Å²) in [5, 5.41) is 0. The van der Waals surface area contributed by atoms with Crippen molar-refractivity contribution in [1.82, 2.24) is 4.90 Å². The van der Waals surface area contributed by atoms with E-state index in [9.17, 15) is 13.2 Å². The van der Waals surface area contributed by atoms with E-state index < -0.39 is 11.7 Å². The number of nitrogens with two attached hydrogens (primary N) is 1. The van der Waals surface area contributed by atoms with Crippen molar-refractivity contribution in [2.45, 2.75) is 31.7 Å². The van der Waals surface area contributed by atoms with E-state index in [0.717, 1.165) is 19.2 Å². The van der Waals surface area contributed by atoms with Crippen molar-refractivity contribution in [3.8, 4) is 0 Å². The molecule has 0 unspecified atom stereocenters. The van der Waals surface area contributed by atoms with Gasteiger partial charge in [0, 0.05) is 25.7 Å². The molecule has 0 bridgehead atoms. The minimum Gasteiger partial charge on any atom is -0.326 e. The Morgan fingerprint density at radius 2 is 1.52 bits per heavy atom. The van der Waals surface area contributed by atoms with E-state index in [2.05, 4.69) is 17.0 Å². The summed E-state index contributed by atoms with van der Waals surface area (Å²) in [6.45, 7) is 2.20. The molecule has 0 fully saturated rings. The average Bonchev–Trinajstić information content (AvgIpc) is 2.88. The summed E-state index contributed by atoms with van der Waals surface area (Å²) >= 11 is 0. The van der Waals surface area contributed by atoms with E-state index in [1.165, 1.54) is 23.3 Å². The fraction of sp³-hybridized carbons (Fsp3) is 0.333. The van der Waals surface area contributed by atoms with Gasteiger partial charge in [0.2, 0.25) is 0 Å². The van der Waals surface area contributed by atoms with E-state index in [1.54, 1.807) is 6.07 Å². The van der Waals surface area contributed by atoms with E-state index in [1.807, 2.05) is 12.1 Å². The summed E-state index contributed by atoms with van der Waals surface area (Å²) < 4.78 is 39.1. The van der Waals surface area contributed by atoms with Gasteiger partial charge in [-0.1, -0.05) is 42.5 Å². The second-order valence-electron chi connectivity index (χ2n) is 6.06. The number of rotatable bonds is 4. The highest BCUT2D eigenvalue weighted by Crippen LogP contribution is 2.32. The van der Waals surface area contributed by atoms with Crippen LogP contribution in [-0.4, -0.2) is 17.5 Å². The van der Waals surface area contributed by atoms with Crippen LogP contribution in [0, 0.1) is 0 Å². The van der Waals surface area contributed by atoms with Crippen LogP contribution in [-0.2, 0) is 25.7 Å². The van der Waals surface area contributed by atoms with Crippen molar-refractivity contribution in [3.05, 3.63) is 70.8 Å². The Morgan fingerprint density at radius 3 is 2.13 bits per heavy atom. The lowest BCUT2D eigenvalue weighted by Gasteiger charge is -2.21. The highest BCUT2D eigenvalue weighted by molar-refractivity contribution is 5.31. The van der Waals surface area contributed by atoms with Crippen molar-refractivity contribution < 1.29 is 13.2 Å². The maximum atomic E-state index is 13.0. The Labute approximate surface area is 133 Å². The molecule has 2 aromatic carbocycles. The second kappa shape index (κ2) is 6.34. The molecule has 0 amide bonds. The zero-order valence-corrected chi connectivity index (χ0v) is 12.7. The minimum atomic E-state index is -4.33. The third kappa shape index (κ3) is 3.74. The van der Waals surface area contributed by atoms with Gasteiger partial charge >= 0.3 is 6.18 Å². The molecular weight excluding hydrogens is 301 g/mol. The van der Waals surface area contributed by atoms with Gasteiger partial charge in [0.15, 0.2) is 0 Å². The van der Waals surface area contributed by atoms with Crippen LogP contribution in [0.2, 0.25) is 0 Å². The topological polar surface area (TPSA) is 29.3 Å². The van der Waals surface area contributed by atoms with Crippen molar-refractivity contribution in [1.29, 1.82) is 0 Å². The molecule has 2 N–H and O–H groups in total. The summed E-state index contributed by atoms with van der Waals surface area (Å²) in [6, 6.07) is 13.5. The van der Waals surface area contributed by atoms with E-state index in [4.69, 9.17) is 5.73 Å². The maximum Gasteiger partial charge on any atom is 0.416 e. The van der Waals surface area contributed by atoms with Gasteiger partial charge in [0.05, 0.1) is 5.56 Å². The van der Waals surface area contributed by atoms with Crippen molar-refractivity contribution in [3.63, 3.8) is 0 Å². The van der Waals surface area contributed by atoms with Crippen molar-refractivity contribution in [2.75, 3.05) is 6.54 Å². The molecule has 122 valence electrons. The van der Waals surface area contributed by atoms with Crippen LogP contribution in [0.3, 0.4) is 0 Å². The van der Waals surface area contributed by atoms with E-state index >= 15 is 0 Å². The van der Waals surface area contributed by atoms with Crippen LogP contribution in [0.5, 0.6) is 0 Å². The molecule has 1 heterocycles. The maximum absolute atomic E-state index is 13.0. The van der Waals surface area contributed by atoms with Gasteiger partial charge < -0.3 is 5.73 Å². The van der Waals surface area contributed by atoms with Crippen LogP contribution >= 0.6 is 0 Å². The predicted molar refractivity (Wildman–Crippen MR) is 83.7 cm³/mol. The zero-order chi connectivity index (χ0) is 16.4. The van der Waals surface area contributed by atoms with Crippen LogP contribution in [0.25, 0.3) is 0 Å². The highest BCUT2D eigenvalue weighted by Gasteiger charge is 2.33.